The molecule has 2 aromatic carbocycles. The molecule has 0 radical (unpaired) electrons. The number of aryl methyl sites for hydroxylation is 1. The summed E-state index contributed by atoms with van der Waals surface area (Å²) in [4.78, 5) is 10.6. The van der Waals surface area contributed by atoms with Crippen molar-refractivity contribution >= 4 is 5.97 Å². The lowest BCUT2D eigenvalue weighted by Gasteiger charge is -2.21. The molecule has 0 saturated carbocycles. The lowest BCUT2D eigenvalue weighted by molar-refractivity contribution is -0.137. The zero-order valence-electron chi connectivity index (χ0n) is 12.3. The van der Waals surface area contributed by atoms with Gasteiger partial charge >= 0.3 is 5.97 Å². The summed E-state index contributed by atoms with van der Waals surface area (Å²) in [6, 6.07) is 18.6. The topological polar surface area (TPSA) is 49.3 Å². The monoisotopic (exact) mass is 283 g/mol. The standard InChI is InChI=1S/C18H21NO2/c1-14-8-5-6-11-16(14)18(15-9-3-2-4-10-15)19-13-7-12-17(20)21/h2-6,8-11,18-19H,7,12-13H2,1H3,(H,20,21). The summed E-state index contributed by atoms with van der Waals surface area (Å²) in [5, 5.41) is 12.2. The van der Waals surface area contributed by atoms with E-state index in [0.717, 1.165) is 0 Å². The van der Waals surface area contributed by atoms with Crippen LogP contribution in [0, 0.1) is 6.92 Å². The maximum absolute atomic E-state index is 10.6. The van der Waals surface area contributed by atoms with Crippen LogP contribution in [0.25, 0.3) is 0 Å². The van der Waals surface area contributed by atoms with Crippen molar-refractivity contribution in [3.8, 4) is 0 Å². The predicted molar refractivity (Wildman–Crippen MR) is 84.3 cm³/mol. The van der Waals surface area contributed by atoms with Crippen LogP contribution >= 0.6 is 0 Å². The van der Waals surface area contributed by atoms with Gasteiger partial charge in [-0.2, -0.15) is 0 Å². The Morgan fingerprint density at radius 2 is 1.76 bits per heavy atom. The normalized spacial score (nSPS) is 12.0. The summed E-state index contributed by atoms with van der Waals surface area (Å²) in [5.41, 5.74) is 3.67. The van der Waals surface area contributed by atoms with Gasteiger partial charge in [-0.25, -0.2) is 0 Å². The van der Waals surface area contributed by atoms with Crippen molar-refractivity contribution in [1.29, 1.82) is 0 Å². The Morgan fingerprint density at radius 3 is 2.43 bits per heavy atom. The molecule has 3 nitrogen and oxygen atoms in total. The number of hydrogen-bond donors (Lipinski definition) is 2. The molecular weight excluding hydrogens is 262 g/mol. The molecule has 2 N–H and O–H groups in total. The molecule has 2 rings (SSSR count). The number of benzene rings is 2. The second-order valence-corrected chi connectivity index (χ2v) is 5.15. The van der Waals surface area contributed by atoms with E-state index in [1.165, 1.54) is 16.7 Å². The number of hydrogen-bond acceptors (Lipinski definition) is 2. The third-order valence-corrected chi connectivity index (χ3v) is 3.55. The number of carboxylic acids is 1. The van der Waals surface area contributed by atoms with Crippen molar-refractivity contribution in [2.75, 3.05) is 6.54 Å². The Morgan fingerprint density at radius 1 is 1.10 bits per heavy atom. The van der Waals surface area contributed by atoms with E-state index in [1.807, 2.05) is 30.3 Å². The van der Waals surface area contributed by atoms with E-state index in [1.54, 1.807) is 0 Å². The highest BCUT2D eigenvalue weighted by molar-refractivity contribution is 5.66. The number of carboxylic acid groups (broad SMARTS) is 1. The molecule has 0 amide bonds. The first-order chi connectivity index (χ1) is 10.2. The molecule has 21 heavy (non-hydrogen) atoms. The Bertz CT molecular complexity index is 581. The van der Waals surface area contributed by atoms with Crippen LogP contribution in [0.4, 0.5) is 0 Å². The molecule has 1 atom stereocenters. The zero-order valence-corrected chi connectivity index (χ0v) is 12.3. The SMILES string of the molecule is Cc1ccccc1C(NCCCC(=O)O)c1ccccc1. The molecule has 2 aromatic rings. The predicted octanol–water partition coefficient (Wildman–Crippen LogP) is 3.54. The maximum Gasteiger partial charge on any atom is 0.303 e. The summed E-state index contributed by atoms with van der Waals surface area (Å²) >= 11 is 0. The summed E-state index contributed by atoms with van der Waals surface area (Å²) in [6.07, 6.45) is 0.826. The summed E-state index contributed by atoms with van der Waals surface area (Å²) in [6.45, 7) is 2.78. The van der Waals surface area contributed by atoms with Crippen LogP contribution in [0.15, 0.2) is 54.6 Å². The van der Waals surface area contributed by atoms with Crippen molar-refractivity contribution in [3.05, 3.63) is 71.3 Å². The fourth-order valence-electron chi connectivity index (χ4n) is 2.45. The van der Waals surface area contributed by atoms with Gasteiger partial charge in [0.25, 0.3) is 0 Å². The zero-order chi connectivity index (χ0) is 15.1. The molecule has 0 bridgehead atoms. The second kappa shape index (κ2) is 7.60. The van der Waals surface area contributed by atoms with Crippen molar-refractivity contribution in [2.24, 2.45) is 0 Å². The van der Waals surface area contributed by atoms with Gasteiger partial charge in [-0.15, -0.1) is 0 Å². The molecule has 0 aliphatic rings. The van der Waals surface area contributed by atoms with Crippen LogP contribution in [-0.4, -0.2) is 17.6 Å². The molecule has 0 fully saturated rings. The highest BCUT2D eigenvalue weighted by Crippen LogP contribution is 2.24. The van der Waals surface area contributed by atoms with Crippen LogP contribution in [0.5, 0.6) is 0 Å². The van der Waals surface area contributed by atoms with E-state index >= 15 is 0 Å². The first-order valence-electron chi connectivity index (χ1n) is 7.24. The fourth-order valence-corrected chi connectivity index (χ4v) is 2.45. The minimum atomic E-state index is -0.746. The molecule has 0 spiro atoms. The van der Waals surface area contributed by atoms with Crippen molar-refractivity contribution in [2.45, 2.75) is 25.8 Å². The summed E-state index contributed by atoms with van der Waals surface area (Å²) in [7, 11) is 0. The van der Waals surface area contributed by atoms with E-state index in [9.17, 15) is 4.79 Å². The Labute approximate surface area is 125 Å². The average molecular weight is 283 g/mol. The molecular formula is C18H21NO2. The lowest BCUT2D eigenvalue weighted by atomic mass is 9.95. The van der Waals surface area contributed by atoms with Crippen molar-refractivity contribution in [3.63, 3.8) is 0 Å². The minimum absolute atomic E-state index is 0.0983. The fraction of sp³-hybridized carbons (Fsp3) is 0.278. The molecule has 110 valence electrons. The molecule has 0 saturated heterocycles. The summed E-state index contributed by atoms with van der Waals surface area (Å²) < 4.78 is 0. The first-order valence-corrected chi connectivity index (χ1v) is 7.24. The Balaban J connectivity index is 2.16. The average Bonchev–Trinajstić information content (AvgIpc) is 2.49. The van der Waals surface area contributed by atoms with Gasteiger partial charge in [-0.05, 0) is 36.6 Å². The Kier molecular flexibility index (Phi) is 5.52. The van der Waals surface area contributed by atoms with Gasteiger partial charge < -0.3 is 10.4 Å². The molecule has 0 heterocycles. The van der Waals surface area contributed by atoms with E-state index < -0.39 is 5.97 Å². The summed E-state index contributed by atoms with van der Waals surface area (Å²) in [5.74, 6) is -0.746. The van der Waals surface area contributed by atoms with Crippen LogP contribution in [0.1, 0.15) is 35.6 Å². The third kappa shape index (κ3) is 4.43. The highest BCUT2D eigenvalue weighted by atomic mass is 16.4. The number of rotatable bonds is 7. The number of aliphatic carboxylic acids is 1. The van der Waals surface area contributed by atoms with Gasteiger partial charge in [0.15, 0.2) is 0 Å². The van der Waals surface area contributed by atoms with Gasteiger partial charge in [-0.3, -0.25) is 4.79 Å². The highest BCUT2D eigenvalue weighted by Gasteiger charge is 2.14. The quantitative estimate of drug-likeness (QED) is 0.764. The van der Waals surface area contributed by atoms with Crippen molar-refractivity contribution in [1.82, 2.24) is 5.32 Å². The third-order valence-electron chi connectivity index (χ3n) is 3.55. The van der Waals surface area contributed by atoms with E-state index in [2.05, 4.69) is 36.5 Å². The van der Waals surface area contributed by atoms with Crippen LogP contribution in [0.3, 0.4) is 0 Å². The van der Waals surface area contributed by atoms with Crippen LogP contribution in [0.2, 0.25) is 0 Å². The Hall–Kier alpha value is -2.13. The molecule has 0 aliphatic carbocycles. The molecule has 0 aliphatic heterocycles. The molecule has 0 aromatic heterocycles. The largest absolute Gasteiger partial charge is 0.481 e. The molecule has 1 unspecified atom stereocenters. The van der Waals surface area contributed by atoms with E-state index in [-0.39, 0.29) is 12.5 Å². The van der Waals surface area contributed by atoms with Crippen LogP contribution in [-0.2, 0) is 4.79 Å². The van der Waals surface area contributed by atoms with Gasteiger partial charge in [0.2, 0.25) is 0 Å². The van der Waals surface area contributed by atoms with Crippen molar-refractivity contribution < 1.29 is 9.90 Å². The van der Waals surface area contributed by atoms with Gasteiger partial charge in [-0.1, -0.05) is 54.6 Å². The van der Waals surface area contributed by atoms with Gasteiger partial charge in [0.1, 0.15) is 0 Å². The number of nitrogens with one attached hydrogen (secondary N) is 1. The van der Waals surface area contributed by atoms with E-state index in [4.69, 9.17) is 5.11 Å². The van der Waals surface area contributed by atoms with Gasteiger partial charge in [0, 0.05) is 6.42 Å². The van der Waals surface area contributed by atoms with E-state index in [0.29, 0.717) is 13.0 Å². The molecule has 3 heteroatoms. The lowest BCUT2D eigenvalue weighted by Crippen LogP contribution is -2.24. The first kappa shape index (κ1) is 15.3. The van der Waals surface area contributed by atoms with Crippen LogP contribution < -0.4 is 5.32 Å². The van der Waals surface area contributed by atoms with Gasteiger partial charge in [0.05, 0.1) is 6.04 Å². The smallest absolute Gasteiger partial charge is 0.303 e. The maximum atomic E-state index is 10.6. The minimum Gasteiger partial charge on any atom is -0.481 e. The second-order valence-electron chi connectivity index (χ2n) is 5.15. The number of carbonyl (C=O) groups is 1.